The van der Waals surface area contributed by atoms with Gasteiger partial charge in [-0.25, -0.2) is 13.9 Å². The molecule has 0 aliphatic carbocycles. The lowest BCUT2D eigenvalue weighted by atomic mass is 10.0. The highest BCUT2D eigenvalue weighted by molar-refractivity contribution is 5.88. The zero-order chi connectivity index (χ0) is 19.1. The Labute approximate surface area is 162 Å². The maximum absolute atomic E-state index is 13.4. The van der Waals surface area contributed by atoms with E-state index in [-0.39, 0.29) is 5.82 Å². The summed E-state index contributed by atoms with van der Waals surface area (Å²) in [5.74, 6) is -0.247. The van der Waals surface area contributed by atoms with Gasteiger partial charge >= 0.3 is 0 Å². The SMILES string of the molecule is CCc1nn2c(-c3ccc4ccccc4c3)ccnc2c1-c1ccc(F)cc1. The highest BCUT2D eigenvalue weighted by atomic mass is 19.1. The summed E-state index contributed by atoms with van der Waals surface area (Å²) in [5, 5.41) is 7.24. The van der Waals surface area contributed by atoms with Gasteiger partial charge in [0.1, 0.15) is 5.82 Å². The van der Waals surface area contributed by atoms with Crippen molar-refractivity contribution in [3.8, 4) is 22.4 Å². The molecule has 0 aliphatic rings. The molecule has 0 radical (unpaired) electrons. The Balaban J connectivity index is 1.75. The maximum Gasteiger partial charge on any atom is 0.163 e. The molecule has 0 amide bonds. The number of rotatable bonds is 3. The monoisotopic (exact) mass is 367 g/mol. The van der Waals surface area contributed by atoms with E-state index in [0.717, 1.165) is 40.1 Å². The van der Waals surface area contributed by atoms with Crippen molar-refractivity contribution in [2.24, 2.45) is 0 Å². The average molecular weight is 367 g/mol. The minimum absolute atomic E-state index is 0.247. The minimum atomic E-state index is -0.247. The van der Waals surface area contributed by atoms with Gasteiger partial charge in [0.25, 0.3) is 0 Å². The third-order valence-corrected chi connectivity index (χ3v) is 5.10. The molecule has 4 heteroatoms. The summed E-state index contributed by atoms with van der Waals surface area (Å²) in [6, 6.07) is 23.2. The van der Waals surface area contributed by atoms with Crippen LogP contribution in [0, 0.1) is 5.82 Å². The second-order valence-electron chi connectivity index (χ2n) is 6.81. The third-order valence-electron chi connectivity index (χ3n) is 5.10. The smallest absolute Gasteiger partial charge is 0.163 e. The lowest BCUT2D eigenvalue weighted by molar-refractivity contribution is 0.628. The first-order valence-corrected chi connectivity index (χ1v) is 9.36. The molecular weight excluding hydrogens is 349 g/mol. The van der Waals surface area contributed by atoms with E-state index in [1.165, 1.54) is 22.9 Å². The van der Waals surface area contributed by atoms with Gasteiger partial charge in [-0.05, 0) is 47.0 Å². The fourth-order valence-electron chi connectivity index (χ4n) is 3.72. The highest BCUT2D eigenvalue weighted by Gasteiger charge is 2.17. The Morgan fingerprint density at radius 3 is 2.39 bits per heavy atom. The number of hydrogen-bond donors (Lipinski definition) is 0. The molecule has 2 aromatic heterocycles. The maximum atomic E-state index is 13.4. The second-order valence-corrected chi connectivity index (χ2v) is 6.81. The van der Waals surface area contributed by atoms with Gasteiger partial charge in [-0.15, -0.1) is 0 Å². The Kier molecular flexibility index (Phi) is 3.90. The summed E-state index contributed by atoms with van der Waals surface area (Å²) >= 11 is 0. The van der Waals surface area contributed by atoms with E-state index in [1.54, 1.807) is 12.1 Å². The van der Waals surface area contributed by atoms with Crippen molar-refractivity contribution in [1.82, 2.24) is 14.6 Å². The molecule has 0 spiro atoms. The van der Waals surface area contributed by atoms with Crippen molar-refractivity contribution < 1.29 is 4.39 Å². The number of fused-ring (bicyclic) bond motifs is 2. The molecule has 0 unspecified atom stereocenters. The van der Waals surface area contributed by atoms with Gasteiger partial charge in [-0.3, -0.25) is 0 Å². The largest absolute Gasteiger partial charge is 0.236 e. The minimum Gasteiger partial charge on any atom is -0.236 e. The van der Waals surface area contributed by atoms with Crippen molar-refractivity contribution in [1.29, 1.82) is 0 Å². The number of benzene rings is 3. The molecule has 0 atom stereocenters. The molecule has 0 bridgehead atoms. The summed E-state index contributed by atoms with van der Waals surface area (Å²) < 4.78 is 15.3. The van der Waals surface area contributed by atoms with E-state index in [9.17, 15) is 4.39 Å². The van der Waals surface area contributed by atoms with E-state index in [4.69, 9.17) is 5.10 Å². The summed E-state index contributed by atoms with van der Waals surface area (Å²) in [5.41, 5.74) is 5.70. The topological polar surface area (TPSA) is 30.2 Å². The Morgan fingerprint density at radius 1 is 0.857 bits per heavy atom. The molecule has 3 nitrogen and oxygen atoms in total. The summed E-state index contributed by atoms with van der Waals surface area (Å²) in [6.45, 7) is 2.07. The first-order chi connectivity index (χ1) is 13.7. The van der Waals surface area contributed by atoms with Crippen LogP contribution in [0.3, 0.4) is 0 Å². The number of hydrogen-bond acceptors (Lipinski definition) is 2. The van der Waals surface area contributed by atoms with E-state index in [2.05, 4.69) is 42.2 Å². The van der Waals surface area contributed by atoms with Crippen molar-refractivity contribution in [2.45, 2.75) is 13.3 Å². The highest BCUT2D eigenvalue weighted by Crippen LogP contribution is 2.31. The molecule has 0 fully saturated rings. The standard InChI is InChI=1S/C24H18FN3/c1-2-21-23(17-9-11-20(25)12-10-17)24-26-14-13-22(28(24)27-21)19-8-7-16-5-3-4-6-18(16)15-19/h3-15H,2H2,1H3. The first-order valence-electron chi connectivity index (χ1n) is 9.36. The zero-order valence-electron chi connectivity index (χ0n) is 15.4. The average Bonchev–Trinajstić information content (AvgIpc) is 3.13. The molecule has 0 saturated heterocycles. The van der Waals surface area contributed by atoms with Crippen LogP contribution in [0.15, 0.2) is 79.0 Å². The van der Waals surface area contributed by atoms with Crippen molar-refractivity contribution in [3.05, 3.63) is 90.5 Å². The molecule has 3 aromatic carbocycles. The van der Waals surface area contributed by atoms with Crippen LogP contribution in [-0.4, -0.2) is 14.6 Å². The van der Waals surface area contributed by atoms with Crippen molar-refractivity contribution in [2.75, 3.05) is 0 Å². The van der Waals surface area contributed by atoms with Gasteiger partial charge in [0, 0.05) is 17.3 Å². The Hall–Kier alpha value is -3.53. The van der Waals surface area contributed by atoms with Gasteiger partial charge in [0.15, 0.2) is 5.65 Å². The quantitative estimate of drug-likeness (QED) is 0.396. The molecule has 5 aromatic rings. The molecule has 2 heterocycles. The molecule has 5 rings (SSSR count). The van der Waals surface area contributed by atoms with E-state index in [1.807, 2.05) is 28.9 Å². The van der Waals surface area contributed by atoms with Crippen LogP contribution in [0.2, 0.25) is 0 Å². The Morgan fingerprint density at radius 2 is 1.61 bits per heavy atom. The van der Waals surface area contributed by atoms with Crippen LogP contribution in [0.25, 0.3) is 38.8 Å². The van der Waals surface area contributed by atoms with Crippen LogP contribution < -0.4 is 0 Å². The van der Waals surface area contributed by atoms with E-state index >= 15 is 0 Å². The van der Waals surface area contributed by atoms with Crippen molar-refractivity contribution in [3.63, 3.8) is 0 Å². The van der Waals surface area contributed by atoms with Gasteiger partial charge in [0.2, 0.25) is 0 Å². The van der Waals surface area contributed by atoms with Crippen LogP contribution in [-0.2, 0) is 6.42 Å². The predicted octanol–water partition coefficient (Wildman–Crippen LogP) is 5.92. The van der Waals surface area contributed by atoms with Crippen molar-refractivity contribution >= 4 is 16.4 Å². The van der Waals surface area contributed by atoms with Gasteiger partial charge < -0.3 is 0 Å². The number of aromatic nitrogens is 3. The second kappa shape index (κ2) is 6.57. The Bertz CT molecular complexity index is 1300. The van der Waals surface area contributed by atoms with Crippen LogP contribution >= 0.6 is 0 Å². The summed E-state index contributed by atoms with van der Waals surface area (Å²) in [4.78, 5) is 4.60. The lowest BCUT2D eigenvalue weighted by Gasteiger charge is -2.07. The summed E-state index contributed by atoms with van der Waals surface area (Å²) in [6.07, 6.45) is 2.58. The van der Waals surface area contributed by atoms with Crippen LogP contribution in [0.5, 0.6) is 0 Å². The lowest BCUT2D eigenvalue weighted by Crippen LogP contribution is -1.96. The normalized spacial score (nSPS) is 11.4. The molecule has 0 aliphatic heterocycles. The van der Waals surface area contributed by atoms with Gasteiger partial charge in [-0.2, -0.15) is 5.10 Å². The fourth-order valence-corrected chi connectivity index (χ4v) is 3.72. The van der Waals surface area contributed by atoms with Crippen LogP contribution in [0.1, 0.15) is 12.6 Å². The summed E-state index contributed by atoms with van der Waals surface area (Å²) in [7, 11) is 0. The zero-order valence-corrected chi connectivity index (χ0v) is 15.4. The fraction of sp³-hybridized carbons (Fsp3) is 0.0833. The first kappa shape index (κ1) is 16.6. The number of aryl methyl sites for hydroxylation is 1. The predicted molar refractivity (Wildman–Crippen MR) is 111 cm³/mol. The molecule has 28 heavy (non-hydrogen) atoms. The molecule has 0 saturated carbocycles. The van der Waals surface area contributed by atoms with Crippen LogP contribution in [0.4, 0.5) is 4.39 Å². The third kappa shape index (κ3) is 2.65. The number of nitrogens with zero attached hydrogens (tertiary/aromatic N) is 3. The molecule has 0 N–H and O–H groups in total. The van der Waals surface area contributed by atoms with E-state index in [0.29, 0.717) is 0 Å². The van der Waals surface area contributed by atoms with Gasteiger partial charge in [-0.1, -0.05) is 55.5 Å². The van der Waals surface area contributed by atoms with Gasteiger partial charge in [0.05, 0.1) is 11.4 Å². The number of halogens is 1. The molecule has 136 valence electrons. The van der Waals surface area contributed by atoms with E-state index < -0.39 is 0 Å². The molecular formula is C24H18FN3.